The molecular weight excluding hydrogens is 590 g/mol. The lowest BCUT2D eigenvalue weighted by Gasteiger charge is -2.14. The van der Waals surface area contributed by atoms with Crippen molar-refractivity contribution in [2.45, 2.75) is 0 Å². The second-order valence-electron chi connectivity index (χ2n) is 8.24. The lowest BCUT2D eigenvalue weighted by Crippen LogP contribution is -2.32. The molecule has 9 heteroatoms. The van der Waals surface area contributed by atoms with E-state index < -0.39 is 17.1 Å². The average molecular weight is 609 g/mol. The van der Waals surface area contributed by atoms with Gasteiger partial charge in [0.1, 0.15) is 18.1 Å². The lowest BCUT2D eigenvalue weighted by molar-refractivity contribution is -0.123. The second kappa shape index (κ2) is 11.4. The van der Waals surface area contributed by atoms with Gasteiger partial charge in [0.25, 0.3) is 11.1 Å². The minimum atomic E-state index is -0.594. The van der Waals surface area contributed by atoms with Crippen molar-refractivity contribution in [3.05, 3.63) is 110 Å². The Morgan fingerprint density at radius 1 is 0.947 bits per heavy atom. The van der Waals surface area contributed by atoms with Crippen LogP contribution in [0.3, 0.4) is 0 Å². The first kappa shape index (κ1) is 26.0. The predicted molar refractivity (Wildman–Crippen MR) is 153 cm³/mol. The average Bonchev–Trinajstić information content (AvgIpc) is 3.17. The third-order valence-electron chi connectivity index (χ3n) is 5.72. The quantitative estimate of drug-likeness (QED) is 0.122. The molecule has 1 fully saturated rings. The number of esters is 1. The number of rotatable bonds is 7. The Labute approximate surface area is 236 Å². The lowest BCUT2D eigenvalue weighted by atomic mass is 10.1. The maximum Gasteiger partial charge on any atom is 0.343 e. The van der Waals surface area contributed by atoms with Crippen molar-refractivity contribution in [2.24, 2.45) is 0 Å². The summed E-state index contributed by atoms with van der Waals surface area (Å²) in [5, 5.41) is 2.02. The number of halogens is 2. The molecule has 1 saturated heterocycles. The number of amides is 2. The zero-order chi connectivity index (χ0) is 26.6. The molecule has 0 radical (unpaired) electrons. The van der Waals surface area contributed by atoms with Crippen molar-refractivity contribution in [2.75, 3.05) is 13.2 Å². The molecule has 4 aromatic carbocycles. The van der Waals surface area contributed by atoms with Gasteiger partial charge in [-0.3, -0.25) is 14.5 Å². The highest BCUT2D eigenvalue weighted by molar-refractivity contribution is 9.10. The minimum Gasteiger partial charge on any atom is -0.491 e. The Balaban J connectivity index is 1.30. The molecule has 5 rings (SSSR count). The Morgan fingerprint density at radius 2 is 1.74 bits per heavy atom. The van der Waals surface area contributed by atoms with E-state index in [2.05, 4.69) is 15.9 Å². The van der Waals surface area contributed by atoms with E-state index in [4.69, 9.17) is 21.1 Å². The number of imide groups is 1. The van der Waals surface area contributed by atoms with Crippen LogP contribution in [0.4, 0.5) is 4.79 Å². The third-order valence-corrected chi connectivity index (χ3v) is 7.35. The highest BCUT2D eigenvalue weighted by atomic mass is 79.9. The fourth-order valence-electron chi connectivity index (χ4n) is 3.90. The van der Waals surface area contributed by atoms with E-state index in [1.807, 2.05) is 42.5 Å². The van der Waals surface area contributed by atoms with E-state index in [-0.39, 0.29) is 29.4 Å². The van der Waals surface area contributed by atoms with Gasteiger partial charge in [0.2, 0.25) is 0 Å². The number of thioether (sulfide) groups is 1. The summed E-state index contributed by atoms with van der Waals surface area (Å²) in [7, 11) is 0. The van der Waals surface area contributed by atoms with Gasteiger partial charge in [0.05, 0.1) is 17.0 Å². The summed E-state index contributed by atoms with van der Waals surface area (Å²) < 4.78 is 12.2. The molecule has 0 atom stereocenters. The molecule has 1 aliphatic heterocycles. The summed E-state index contributed by atoms with van der Waals surface area (Å²) in [6, 6.07) is 25.0. The van der Waals surface area contributed by atoms with E-state index >= 15 is 0 Å². The molecule has 0 bridgehead atoms. The van der Waals surface area contributed by atoms with Gasteiger partial charge in [-0.25, -0.2) is 4.79 Å². The van der Waals surface area contributed by atoms with Gasteiger partial charge in [-0.1, -0.05) is 70.0 Å². The van der Waals surface area contributed by atoms with Crippen LogP contribution in [0.1, 0.15) is 15.9 Å². The van der Waals surface area contributed by atoms with E-state index in [1.54, 1.807) is 42.5 Å². The molecule has 0 aromatic heterocycles. The van der Waals surface area contributed by atoms with E-state index in [0.717, 1.165) is 27.4 Å². The number of benzene rings is 4. The van der Waals surface area contributed by atoms with Gasteiger partial charge >= 0.3 is 5.97 Å². The number of hydrogen-bond donors (Lipinski definition) is 0. The van der Waals surface area contributed by atoms with Crippen molar-refractivity contribution >= 4 is 73.3 Å². The fraction of sp³-hybridized carbons (Fsp3) is 0.0690. The van der Waals surface area contributed by atoms with Gasteiger partial charge in [-0.2, -0.15) is 0 Å². The molecule has 1 aliphatic rings. The molecular formula is C29H19BrClNO5S. The monoisotopic (exact) mass is 607 g/mol. The van der Waals surface area contributed by atoms with Crippen molar-refractivity contribution < 1.29 is 23.9 Å². The molecule has 38 heavy (non-hydrogen) atoms. The molecule has 0 N–H and O–H groups in total. The van der Waals surface area contributed by atoms with E-state index in [1.165, 1.54) is 6.07 Å². The molecule has 0 saturated carbocycles. The maximum atomic E-state index is 13.1. The number of ether oxygens (including phenoxy) is 2. The SMILES string of the molecule is O=C(Oc1ccc(Br)cc1/C=C1\SC(=O)N(CCOc2cccc3ccccc23)C1=O)c1cccc(Cl)c1. The first-order valence-corrected chi connectivity index (χ1v) is 13.5. The highest BCUT2D eigenvalue weighted by Crippen LogP contribution is 2.35. The summed E-state index contributed by atoms with van der Waals surface area (Å²) in [4.78, 5) is 39.8. The Hall–Kier alpha value is -3.59. The Morgan fingerprint density at radius 3 is 2.58 bits per heavy atom. The van der Waals surface area contributed by atoms with Gasteiger partial charge < -0.3 is 9.47 Å². The largest absolute Gasteiger partial charge is 0.491 e. The first-order valence-electron chi connectivity index (χ1n) is 11.5. The fourth-order valence-corrected chi connectivity index (χ4v) is 5.33. The number of carbonyl (C=O) groups is 3. The van der Waals surface area contributed by atoms with Crippen LogP contribution in [0.15, 0.2) is 94.3 Å². The van der Waals surface area contributed by atoms with Crippen LogP contribution in [0.2, 0.25) is 5.02 Å². The van der Waals surface area contributed by atoms with Crippen molar-refractivity contribution in [3.63, 3.8) is 0 Å². The molecule has 0 spiro atoms. The van der Waals surface area contributed by atoms with Gasteiger partial charge in [0.15, 0.2) is 0 Å². The topological polar surface area (TPSA) is 72.9 Å². The third kappa shape index (κ3) is 5.78. The highest BCUT2D eigenvalue weighted by Gasteiger charge is 2.35. The minimum absolute atomic E-state index is 0.0975. The number of nitrogens with zero attached hydrogens (tertiary/aromatic N) is 1. The normalized spacial score (nSPS) is 14.4. The van der Waals surface area contributed by atoms with Crippen LogP contribution in [0, 0.1) is 0 Å². The molecule has 6 nitrogen and oxygen atoms in total. The van der Waals surface area contributed by atoms with Crippen LogP contribution in [0.25, 0.3) is 16.8 Å². The molecule has 0 unspecified atom stereocenters. The molecule has 0 aliphatic carbocycles. The zero-order valence-corrected chi connectivity index (χ0v) is 22.9. The molecule has 190 valence electrons. The summed E-state index contributed by atoms with van der Waals surface area (Å²) >= 11 is 10.2. The predicted octanol–water partition coefficient (Wildman–Crippen LogP) is 7.59. The van der Waals surface area contributed by atoms with E-state index in [0.29, 0.717) is 20.8 Å². The summed E-state index contributed by atoms with van der Waals surface area (Å²) in [5.41, 5.74) is 0.755. The number of fused-ring (bicyclic) bond motifs is 1. The number of carbonyl (C=O) groups excluding carboxylic acids is 3. The molecule has 2 amide bonds. The van der Waals surface area contributed by atoms with Gasteiger partial charge in [-0.15, -0.1) is 0 Å². The van der Waals surface area contributed by atoms with Crippen molar-refractivity contribution in [3.8, 4) is 11.5 Å². The Kier molecular flexibility index (Phi) is 7.83. The van der Waals surface area contributed by atoms with Crippen molar-refractivity contribution in [1.82, 2.24) is 4.90 Å². The molecule has 4 aromatic rings. The van der Waals surface area contributed by atoms with Gasteiger partial charge in [0, 0.05) is 20.4 Å². The van der Waals surface area contributed by atoms with Crippen LogP contribution >= 0.6 is 39.3 Å². The van der Waals surface area contributed by atoms with E-state index in [9.17, 15) is 14.4 Å². The maximum absolute atomic E-state index is 13.1. The second-order valence-corrected chi connectivity index (χ2v) is 10.6. The van der Waals surface area contributed by atoms with Crippen molar-refractivity contribution in [1.29, 1.82) is 0 Å². The first-order chi connectivity index (χ1) is 18.4. The smallest absolute Gasteiger partial charge is 0.343 e. The van der Waals surface area contributed by atoms with Crippen LogP contribution in [-0.2, 0) is 4.79 Å². The van der Waals surface area contributed by atoms with Gasteiger partial charge in [-0.05, 0) is 65.7 Å². The summed E-state index contributed by atoms with van der Waals surface area (Å²) in [6.45, 7) is 0.249. The van der Waals surface area contributed by atoms with Crippen LogP contribution in [0.5, 0.6) is 11.5 Å². The van der Waals surface area contributed by atoms with Crippen LogP contribution < -0.4 is 9.47 Å². The standard InChI is InChI=1S/C29H19BrClNO5S/c30-21-11-12-24(37-28(34)19-7-3-8-22(31)16-19)20(15-21)17-26-27(33)32(29(35)38-26)13-14-36-25-10-4-6-18-5-1-2-9-23(18)25/h1-12,15-17H,13-14H2/b26-17-. The Bertz CT molecular complexity index is 1600. The van der Waals surface area contributed by atoms with Crippen LogP contribution in [-0.4, -0.2) is 35.2 Å². The zero-order valence-electron chi connectivity index (χ0n) is 19.7. The summed E-state index contributed by atoms with van der Waals surface area (Å²) in [5.74, 6) is -0.105. The summed E-state index contributed by atoms with van der Waals surface area (Å²) in [6.07, 6.45) is 1.54. The molecule has 1 heterocycles. The number of hydrogen-bond acceptors (Lipinski definition) is 6.